The zero-order valence-corrected chi connectivity index (χ0v) is 20.8. The summed E-state index contributed by atoms with van der Waals surface area (Å²) in [6.45, 7) is 5.04. The molecular weight excluding hydrogens is 460 g/mol. The predicted octanol–water partition coefficient (Wildman–Crippen LogP) is 3.22. The Morgan fingerprint density at radius 1 is 0.972 bits per heavy atom. The second-order valence-electron chi connectivity index (χ2n) is 8.82. The molecule has 2 aliphatic rings. The number of fused-ring (bicyclic) bond motifs is 1. The van der Waals surface area contributed by atoms with E-state index in [0.717, 1.165) is 28.4 Å². The van der Waals surface area contributed by atoms with E-state index in [9.17, 15) is 4.79 Å². The number of carbonyl (C=O) groups excluding carboxylic acids is 1. The van der Waals surface area contributed by atoms with Crippen LogP contribution >= 0.6 is 0 Å². The van der Waals surface area contributed by atoms with Crippen molar-refractivity contribution in [2.24, 2.45) is 0 Å². The highest BCUT2D eigenvalue weighted by Crippen LogP contribution is 2.33. The fourth-order valence-corrected chi connectivity index (χ4v) is 4.62. The van der Waals surface area contributed by atoms with Gasteiger partial charge >= 0.3 is 0 Å². The van der Waals surface area contributed by atoms with Crippen molar-refractivity contribution in [2.75, 3.05) is 52.1 Å². The zero-order chi connectivity index (χ0) is 25.1. The molecule has 5 rings (SSSR count). The smallest absolute Gasteiger partial charge is 0.254 e. The van der Waals surface area contributed by atoms with Gasteiger partial charge in [-0.05, 0) is 42.8 Å². The highest BCUT2D eigenvalue weighted by molar-refractivity contribution is 5.95. The zero-order valence-electron chi connectivity index (χ0n) is 20.8. The van der Waals surface area contributed by atoms with Crippen molar-refractivity contribution in [2.45, 2.75) is 20.0 Å². The summed E-state index contributed by atoms with van der Waals surface area (Å²) in [5.41, 5.74) is 3.67. The summed E-state index contributed by atoms with van der Waals surface area (Å²) in [5.74, 6) is 3.70. The fourth-order valence-electron chi connectivity index (χ4n) is 4.62. The van der Waals surface area contributed by atoms with Gasteiger partial charge < -0.3 is 28.7 Å². The molecule has 0 radical (unpaired) electrons. The number of benzene rings is 2. The van der Waals surface area contributed by atoms with Crippen LogP contribution in [0.25, 0.3) is 0 Å². The number of aromatic nitrogens is 2. The first-order valence-electron chi connectivity index (χ1n) is 12.0. The number of anilines is 1. The summed E-state index contributed by atoms with van der Waals surface area (Å²) in [7, 11) is 3.34. The minimum absolute atomic E-state index is 0.00894. The SMILES string of the molecule is COCc1nc(C)nc(N2CCN(C(=O)c3ccc4c(c3)OCO4)CC2)c1Cc1ccc(OC)cc1. The van der Waals surface area contributed by atoms with E-state index in [1.54, 1.807) is 32.4 Å². The molecule has 2 aromatic carbocycles. The lowest BCUT2D eigenvalue weighted by atomic mass is 10.0. The average molecular weight is 491 g/mol. The van der Waals surface area contributed by atoms with Gasteiger partial charge in [0.2, 0.25) is 6.79 Å². The van der Waals surface area contributed by atoms with E-state index in [0.29, 0.717) is 62.1 Å². The maximum absolute atomic E-state index is 13.2. The molecule has 0 aliphatic carbocycles. The normalized spacial score (nSPS) is 14.8. The van der Waals surface area contributed by atoms with Crippen LogP contribution in [0, 0.1) is 6.92 Å². The summed E-state index contributed by atoms with van der Waals surface area (Å²) in [4.78, 5) is 26.8. The third-order valence-electron chi connectivity index (χ3n) is 6.49. The van der Waals surface area contributed by atoms with Crippen molar-refractivity contribution < 1.29 is 23.7 Å². The monoisotopic (exact) mass is 490 g/mol. The summed E-state index contributed by atoms with van der Waals surface area (Å²) in [5, 5.41) is 0. The van der Waals surface area contributed by atoms with Crippen LogP contribution in [0.4, 0.5) is 5.82 Å². The Labute approximate surface area is 210 Å². The van der Waals surface area contributed by atoms with Crippen molar-refractivity contribution in [3.63, 3.8) is 0 Å². The molecule has 3 heterocycles. The first kappa shape index (κ1) is 23.9. The van der Waals surface area contributed by atoms with Crippen molar-refractivity contribution in [1.29, 1.82) is 0 Å². The predicted molar refractivity (Wildman–Crippen MR) is 134 cm³/mol. The van der Waals surface area contributed by atoms with Gasteiger partial charge in [-0.25, -0.2) is 9.97 Å². The van der Waals surface area contributed by atoms with Crippen LogP contribution in [-0.2, 0) is 17.8 Å². The van der Waals surface area contributed by atoms with E-state index < -0.39 is 0 Å². The van der Waals surface area contributed by atoms with Gasteiger partial charge in [0.15, 0.2) is 11.5 Å². The lowest BCUT2D eigenvalue weighted by Crippen LogP contribution is -2.49. The van der Waals surface area contributed by atoms with Crippen LogP contribution in [0.2, 0.25) is 0 Å². The van der Waals surface area contributed by atoms with Crippen LogP contribution in [0.1, 0.15) is 33.0 Å². The van der Waals surface area contributed by atoms with Crippen LogP contribution in [0.5, 0.6) is 17.2 Å². The molecule has 0 saturated carbocycles. The van der Waals surface area contributed by atoms with Crippen molar-refractivity contribution in [1.82, 2.24) is 14.9 Å². The minimum atomic E-state index is -0.00894. The average Bonchev–Trinajstić information content (AvgIpc) is 3.38. The molecule has 0 atom stereocenters. The lowest BCUT2D eigenvalue weighted by molar-refractivity contribution is 0.0746. The highest BCUT2D eigenvalue weighted by atomic mass is 16.7. The number of methoxy groups -OCH3 is 2. The Hall–Kier alpha value is -3.85. The van der Waals surface area contributed by atoms with Gasteiger partial charge in [-0.15, -0.1) is 0 Å². The number of rotatable bonds is 7. The van der Waals surface area contributed by atoms with E-state index in [1.165, 1.54) is 0 Å². The molecule has 0 unspecified atom stereocenters. The van der Waals surface area contributed by atoms with Gasteiger partial charge in [0.25, 0.3) is 5.91 Å². The Balaban J connectivity index is 1.35. The number of amides is 1. The van der Waals surface area contributed by atoms with Gasteiger partial charge in [-0.2, -0.15) is 0 Å². The van der Waals surface area contributed by atoms with E-state index >= 15 is 0 Å². The summed E-state index contributed by atoms with van der Waals surface area (Å²) < 4.78 is 21.6. The highest BCUT2D eigenvalue weighted by Gasteiger charge is 2.27. The second kappa shape index (κ2) is 10.4. The fraction of sp³-hybridized carbons (Fsp3) is 0.370. The van der Waals surface area contributed by atoms with Crippen LogP contribution in [0.3, 0.4) is 0 Å². The Morgan fingerprint density at radius 3 is 2.44 bits per heavy atom. The van der Waals surface area contributed by atoms with Gasteiger partial charge in [-0.3, -0.25) is 4.79 Å². The standard InChI is InChI=1S/C27H30N4O5/c1-18-28-23(16-33-2)22(14-19-4-7-21(34-3)8-5-19)26(29-18)30-10-12-31(13-11-30)27(32)20-6-9-24-25(15-20)36-17-35-24/h4-9,15H,10-14,16-17H2,1-3H3. The lowest BCUT2D eigenvalue weighted by Gasteiger charge is -2.36. The van der Waals surface area contributed by atoms with Gasteiger partial charge in [-0.1, -0.05) is 12.1 Å². The molecule has 1 amide bonds. The van der Waals surface area contributed by atoms with Crippen molar-refractivity contribution in [3.05, 3.63) is 70.7 Å². The molecule has 0 bridgehead atoms. The minimum Gasteiger partial charge on any atom is -0.497 e. The van der Waals surface area contributed by atoms with Gasteiger partial charge in [0.1, 0.15) is 17.4 Å². The number of hydrogen-bond acceptors (Lipinski definition) is 8. The molecule has 9 heteroatoms. The summed E-state index contributed by atoms with van der Waals surface area (Å²) in [6, 6.07) is 13.4. The van der Waals surface area contributed by atoms with Crippen LogP contribution in [0.15, 0.2) is 42.5 Å². The Bertz CT molecular complexity index is 1240. The van der Waals surface area contributed by atoms with E-state index in [4.69, 9.17) is 23.9 Å². The Morgan fingerprint density at radius 2 is 1.72 bits per heavy atom. The number of aryl methyl sites for hydroxylation is 1. The van der Waals surface area contributed by atoms with E-state index in [1.807, 2.05) is 24.0 Å². The number of carbonyl (C=O) groups is 1. The molecule has 3 aromatic rings. The Kier molecular flexibility index (Phi) is 6.90. The van der Waals surface area contributed by atoms with Crippen molar-refractivity contribution in [3.8, 4) is 17.2 Å². The van der Waals surface area contributed by atoms with E-state index in [-0.39, 0.29) is 12.7 Å². The molecule has 2 aliphatic heterocycles. The molecule has 9 nitrogen and oxygen atoms in total. The molecular formula is C27H30N4O5. The topological polar surface area (TPSA) is 86.3 Å². The molecule has 1 fully saturated rings. The number of ether oxygens (including phenoxy) is 4. The molecule has 1 saturated heterocycles. The van der Waals surface area contributed by atoms with Gasteiger partial charge in [0.05, 0.1) is 19.4 Å². The third-order valence-corrected chi connectivity index (χ3v) is 6.49. The number of nitrogens with zero attached hydrogens (tertiary/aromatic N) is 4. The second-order valence-corrected chi connectivity index (χ2v) is 8.82. The first-order chi connectivity index (χ1) is 17.6. The molecule has 188 valence electrons. The molecule has 36 heavy (non-hydrogen) atoms. The number of hydrogen-bond donors (Lipinski definition) is 0. The maximum Gasteiger partial charge on any atom is 0.254 e. The number of piperazine rings is 1. The summed E-state index contributed by atoms with van der Waals surface area (Å²) >= 11 is 0. The molecule has 1 aromatic heterocycles. The molecule has 0 N–H and O–H groups in total. The van der Waals surface area contributed by atoms with Gasteiger partial charge in [0, 0.05) is 50.8 Å². The summed E-state index contributed by atoms with van der Waals surface area (Å²) in [6.07, 6.45) is 0.675. The largest absolute Gasteiger partial charge is 0.497 e. The van der Waals surface area contributed by atoms with Crippen LogP contribution in [-0.4, -0.2) is 68.0 Å². The first-order valence-corrected chi connectivity index (χ1v) is 12.0. The third kappa shape index (κ3) is 4.92. The van der Waals surface area contributed by atoms with E-state index in [2.05, 4.69) is 22.0 Å². The van der Waals surface area contributed by atoms with Crippen LogP contribution < -0.4 is 19.1 Å². The quantitative estimate of drug-likeness (QED) is 0.499. The van der Waals surface area contributed by atoms with Crippen molar-refractivity contribution >= 4 is 11.7 Å². The maximum atomic E-state index is 13.2. The molecule has 0 spiro atoms.